The van der Waals surface area contributed by atoms with Gasteiger partial charge in [0.05, 0.1) is 24.1 Å². The van der Waals surface area contributed by atoms with E-state index >= 15 is 0 Å². The fourth-order valence-corrected chi connectivity index (χ4v) is 3.22. The molecule has 0 amide bonds. The summed E-state index contributed by atoms with van der Waals surface area (Å²) < 4.78 is 16.6. The quantitative estimate of drug-likeness (QED) is 0.397. The number of thiophene rings is 1. The van der Waals surface area contributed by atoms with Crippen molar-refractivity contribution in [3.05, 3.63) is 29.5 Å². The van der Waals surface area contributed by atoms with E-state index in [4.69, 9.17) is 13.9 Å². The van der Waals surface area contributed by atoms with E-state index in [0.717, 1.165) is 62.3 Å². The van der Waals surface area contributed by atoms with Crippen molar-refractivity contribution in [1.29, 1.82) is 0 Å². The molecule has 0 aromatic carbocycles. The smallest absolute Gasteiger partial charge is 0.236 e. The summed E-state index contributed by atoms with van der Waals surface area (Å²) in [5, 5.41) is 8.57. The van der Waals surface area contributed by atoms with Crippen LogP contribution in [0.25, 0.3) is 10.8 Å². The van der Waals surface area contributed by atoms with Crippen LogP contribution in [0, 0.1) is 0 Å². The average molecular weight is 378 g/mol. The van der Waals surface area contributed by atoms with Crippen LogP contribution in [-0.2, 0) is 16.0 Å². The van der Waals surface area contributed by atoms with Crippen molar-refractivity contribution in [3.8, 4) is 10.8 Å². The third-order valence-electron chi connectivity index (χ3n) is 3.88. The molecular formula is C18H26N4O3S. The number of oxazole rings is 1. The van der Waals surface area contributed by atoms with Crippen LogP contribution in [-0.4, -0.2) is 50.0 Å². The largest absolute Gasteiger partial charge is 0.443 e. The lowest BCUT2D eigenvalue weighted by Crippen LogP contribution is -2.38. The molecular weight excluding hydrogens is 352 g/mol. The first-order valence-electron chi connectivity index (χ1n) is 9.05. The highest BCUT2D eigenvalue weighted by Crippen LogP contribution is 2.23. The summed E-state index contributed by atoms with van der Waals surface area (Å²) in [5.41, 5.74) is 0.815. The van der Waals surface area contributed by atoms with Gasteiger partial charge < -0.3 is 24.5 Å². The van der Waals surface area contributed by atoms with E-state index in [2.05, 4.69) is 20.6 Å². The van der Waals surface area contributed by atoms with Gasteiger partial charge in [0.2, 0.25) is 5.89 Å². The molecule has 0 aliphatic carbocycles. The molecule has 0 bridgehead atoms. The Bertz CT molecular complexity index is 666. The van der Waals surface area contributed by atoms with Crippen LogP contribution in [0.3, 0.4) is 0 Å². The van der Waals surface area contributed by atoms with Crippen LogP contribution in [0.15, 0.2) is 33.2 Å². The molecule has 1 unspecified atom stereocenters. The summed E-state index contributed by atoms with van der Waals surface area (Å²) in [6, 6.07) is 3.98. The van der Waals surface area contributed by atoms with Gasteiger partial charge in [0.25, 0.3) is 0 Å². The van der Waals surface area contributed by atoms with Crippen molar-refractivity contribution in [2.45, 2.75) is 32.4 Å². The van der Waals surface area contributed by atoms with Gasteiger partial charge >= 0.3 is 0 Å². The number of nitrogens with one attached hydrogen (secondary N) is 2. The molecule has 7 nitrogen and oxygen atoms in total. The monoisotopic (exact) mass is 378 g/mol. The minimum absolute atomic E-state index is 0.265. The second kappa shape index (κ2) is 10.3. The topological polar surface area (TPSA) is 80.9 Å². The van der Waals surface area contributed by atoms with Crippen molar-refractivity contribution in [1.82, 2.24) is 15.6 Å². The van der Waals surface area contributed by atoms with E-state index in [1.165, 1.54) is 0 Å². The number of aliphatic imine (C=N–C) groups is 1. The molecule has 3 heterocycles. The zero-order valence-electron chi connectivity index (χ0n) is 15.1. The van der Waals surface area contributed by atoms with E-state index in [1.54, 1.807) is 17.6 Å². The Kier molecular flexibility index (Phi) is 7.48. The first-order valence-corrected chi connectivity index (χ1v) is 9.93. The summed E-state index contributed by atoms with van der Waals surface area (Å²) in [7, 11) is 0. The van der Waals surface area contributed by atoms with Crippen molar-refractivity contribution in [2.24, 2.45) is 4.99 Å². The Morgan fingerprint density at radius 3 is 3.19 bits per heavy atom. The lowest BCUT2D eigenvalue weighted by molar-refractivity contribution is 0.0420. The zero-order chi connectivity index (χ0) is 18.0. The highest BCUT2D eigenvalue weighted by atomic mass is 32.1. The van der Waals surface area contributed by atoms with Gasteiger partial charge in [-0.15, -0.1) is 11.3 Å². The van der Waals surface area contributed by atoms with Crippen molar-refractivity contribution in [2.75, 3.05) is 32.9 Å². The van der Waals surface area contributed by atoms with Crippen molar-refractivity contribution in [3.63, 3.8) is 0 Å². The molecule has 1 saturated heterocycles. The Balaban J connectivity index is 1.41. The molecule has 2 aromatic heterocycles. The summed E-state index contributed by atoms with van der Waals surface area (Å²) >= 11 is 1.61. The molecule has 2 aromatic rings. The Morgan fingerprint density at radius 1 is 1.46 bits per heavy atom. The maximum absolute atomic E-state index is 5.77. The molecule has 1 aliphatic rings. The Morgan fingerprint density at radius 2 is 2.42 bits per heavy atom. The van der Waals surface area contributed by atoms with Gasteiger partial charge in [0.15, 0.2) is 5.96 Å². The number of nitrogens with zero attached hydrogens (tertiary/aromatic N) is 2. The van der Waals surface area contributed by atoms with Gasteiger partial charge in [-0.2, -0.15) is 0 Å². The number of aromatic nitrogens is 1. The molecule has 1 fully saturated rings. The standard InChI is InChI=1S/C18H26N4O3S/c1-2-19-18(20-7-4-8-24-15-6-9-23-13-15)21-11-14-12-25-17(22-14)16-5-3-10-26-16/h3,5,10,12,15H,2,4,6-9,11,13H2,1H3,(H2,19,20,21). The molecule has 1 aliphatic heterocycles. The minimum atomic E-state index is 0.265. The number of hydrogen-bond acceptors (Lipinski definition) is 6. The molecule has 1 atom stereocenters. The normalized spacial score (nSPS) is 17.6. The number of guanidine groups is 1. The highest BCUT2D eigenvalue weighted by molar-refractivity contribution is 7.13. The summed E-state index contributed by atoms with van der Waals surface area (Å²) in [6.07, 6.45) is 3.86. The number of rotatable bonds is 9. The van der Waals surface area contributed by atoms with Crippen LogP contribution in [0.2, 0.25) is 0 Å². The Labute approximate surface area is 157 Å². The van der Waals surface area contributed by atoms with E-state index < -0.39 is 0 Å². The van der Waals surface area contributed by atoms with Gasteiger partial charge in [0.1, 0.15) is 12.0 Å². The van der Waals surface area contributed by atoms with Crippen LogP contribution in [0.1, 0.15) is 25.5 Å². The Hall–Kier alpha value is -1.90. The van der Waals surface area contributed by atoms with Crippen molar-refractivity contribution < 1.29 is 13.9 Å². The summed E-state index contributed by atoms with van der Waals surface area (Å²) in [5.74, 6) is 1.42. The predicted molar refractivity (Wildman–Crippen MR) is 102 cm³/mol. The van der Waals surface area contributed by atoms with E-state index in [-0.39, 0.29) is 6.10 Å². The van der Waals surface area contributed by atoms with Crippen LogP contribution in [0.5, 0.6) is 0 Å². The van der Waals surface area contributed by atoms with Crippen molar-refractivity contribution >= 4 is 17.3 Å². The molecule has 0 saturated carbocycles. The maximum atomic E-state index is 5.77. The fraction of sp³-hybridized carbons (Fsp3) is 0.556. The van der Waals surface area contributed by atoms with E-state index in [9.17, 15) is 0 Å². The van der Waals surface area contributed by atoms with E-state index in [0.29, 0.717) is 12.4 Å². The third-order valence-corrected chi connectivity index (χ3v) is 4.74. The number of hydrogen-bond donors (Lipinski definition) is 2. The molecule has 2 N–H and O–H groups in total. The van der Waals surface area contributed by atoms with Crippen LogP contribution in [0.4, 0.5) is 0 Å². The molecule has 142 valence electrons. The van der Waals surface area contributed by atoms with Gasteiger partial charge in [-0.1, -0.05) is 6.07 Å². The molecule has 0 spiro atoms. The second-order valence-corrected chi connectivity index (χ2v) is 6.90. The predicted octanol–water partition coefficient (Wildman–Crippen LogP) is 2.65. The van der Waals surface area contributed by atoms with Gasteiger partial charge in [0, 0.05) is 26.3 Å². The van der Waals surface area contributed by atoms with Crippen LogP contribution < -0.4 is 10.6 Å². The SMILES string of the molecule is CCNC(=NCc1coc(-c2cccs2)n1)NCCCOC1CCOC1. The highest BCUT2D eigenvalue weighted by Gasteiger charge is 2.15. The summed E-state index contributed by atoms with van der Waals surface area (Å²) in [6.45, 7) is 6.40. The first-order chi connectivity index (χ1) is 12.8. The molecule has 3 rings (SSSR count). The van der Waals surface area contributed by atoms with Gasteiger partial charge in [-0.05, 0) is 31.2 Å². The van der Waals surface area contributed by atoms with Gasteiger partial charge in [-0.3, -0.25) is 0 Å². The molecule has 0 radical (unpaired) electrons. The fourth-order valence-electron chi connectivity index (χ4n) is 2.57. The third kappa shape index (κ3) is 5.82. The van der Waals surface area contributed by atoms with Gasteiger partial charge in [-0.25, -0.2) is 9.98 Å². The second-order valence-electron chi connectivity index (χ2n) is 5.95. The first kappa shape index (κ1) is 18.9. The number of ether oxygens (including phenoxy) is 2. The summed E-state index contributed by atoms with van der Waals surface area (Å²) in [4.78, 5) is 10.1. The van der Waals surface area contributed by atoms with E-state index in [1.807, 2.05) is 24.4 Å². The zero-order valence-corrected chi connectivity index (χ0v) is 15.9. The lowest BCUT2D eigenvalue weighted by Gasteiger charge is -2.12. The minimum Gasteiger partial charge on any atom is -0.443 e. The lowest BCUT2D eigenvalue weighted by atomic mass is 10.3. The maximum Gasteiger partial charge on any atom is 0.236 e. The molecule has 8 heteroatoms. The average Bonchev–Trinajstić information content (AvgIpc) is 3.41. The molecule has 26 heavy (non-hydrogen) atoms. The van der Waals surface area contributed by atoms with Crippen LogP contribution >= 0.6 is 11.3 Å².